The van der Waals surface area contributed by atoms with Crippen molar-refractivity contribution in [2.75, 3.05) is 44.7 Å². The van der Waals surface area contributed by atoms with Crippen molar-refractivity contribution in [3.05, 3.63) is 35.9 Å². The SMILES string of the molecule is Cc1nc(CN2CCN(C(=O)Nc3ccccc3OC[C@@H]3CCCCO3)CC2)n[nH]1. The first kappa shape index (κ1) is 20.6. The highest BCUT2D eigenvalue weighted by Gasteiger charge is 2.23. The Morgan fingerprint density at radius 3 is 2.83 bits per heavy atom. The van der Waals surface area contributed by atoms with Gasteiger partial charge in [0.25, 0.3) is 0 Å². The van der Waals surface area contributed by atoms with Crippen LogP contribution >= 0.6 is 0 Å². The van der Waals surface area contributed by atoms with Crippen LogP contribution in [0.1, 0.15) is 30.9 Å². The third-order valence-corrected chi connectivity index (χ3v) is 5.50. The van der Waals surface area contributed by atoms with Crippen LogP contribution in [0, 0.1) is 6.92 Å². The van der Waals surface area contributed by atoms with Crippen molar-refractivity contribution in [2.24, 2.45) is 0 Å². The van der Waals surface area contributed by atoms with Gasteiger partial charge in [0.15, 0.2) is 5.82 Å². The molecule has 2 saturated heterocycles. The normalized spacial score (nSPS) is 20.2. The molecule has 3 heterocycles. The van der Waals surface area contributed by atoms with Gasteiger partial charge in [-0.3, -0.25) is 10.00 Å². The average Bonchev–Trinajstić information content (AvgIpc) is 3.19. The number of carbonyl (C=O) groups is 1. The largest absolute Gasteiger partial charge is 0.489 e. The quantitative estimate of drug-likeness (QED) is 0.754. The highest BCUT2D eigenvalue weighted by atomic mass is 16.5. The summed E-state index contributed by atoms with van der Waals surface area (Å²) >= 11 is 0. The molecule has 2 fully saturated rings. The number of H-pyrrole nitrogens is 1. The van der Waals surface area contributed by atoms with Crippen molar-refractivity contribution < 1.29 is 14.3 Å². The Hall–Kier alpha value is -2.65. The summed E-state index contributed by atoms with van der Waals surface area (Å²) in [6.45, 7) is 6.79. The number of anilines is 1. The van der Waals surface area contributed by atoms with Gasteiger partial charge >= 0.3 is 6.03 Å². The van der Waals surface area contributed by atoms with Gasteiger partial charge in [0, 0.05) is 32.8 Å². The molecule has 1 aromatic heterocycles. The summed E-state index contributed by atoms with van der Waals surface area (Å²) in [5.74, 6) is 2.29. The number of urea groups is 1. The van der Waals surface area contributed by atoms with Crippen LogP contribution in [0.4, 0.5) is 10.5 Å². The molecular formula is C21H30N6O3. The van der Waals surface area contributed by atoms with E-state index >= 15 is 0 Å². The van der Waals surface area contributed by atoms with Crippen LogP contribution in [0.15, 0.2) is 24.3 Å². The van der Waals surface area contributed by atoms with Gasteiger partial charge in [-0.15, -0.1) is 0 Å². The van der Waals surface area contributed by atoms with E-state index in [1.54, 1.807) is 0 Å². The summed E-state index contributed by atoms with van der Waals surface area (Å²) in [5, 5.41) is 10.1. The second kappa shape index (κ2) is 9.90. The minimum Gasteiger partial charge on any atom is -0.489 e. The number of para-hydroxylation sites is 2. The molecule has 30 heavy (non-hydrogen) atoms. The number of hydrogen-bond acceptors (Lipinski definition) is 6. The van der Waals surface area contributed by atoms with Crippen molar-refractivity contribution in [3.8, 4) is 5.75 Å². The van der Waals surface area contributed by atoms with E-state index in [9.17, 15) is 4.79 Å². The zero-order valence-electron chi connectivity index (χ0n) is 17.5. The predicted octanol–water partition coefficient (Wildman–Crippen LogP) is 2.41. The number of aromatic nitrogens is 3. The highest BCUT2D eigenvalue weighted by molar-refractivity contribution is 5.91. The first-order valence-corrected chi connectivity index (χ1v) is 10.7. The third kappa shape index (κ3) is 5.48. The smallest absolute Gasteiger partial charge is 0.322 e. The molecule has 0 bridgehead atoms. The second-order valence-corrected chi connectivity index (χ2v) is 7.83. The van der Waals surface area contributed by atoms with E-state index in [0.29, 0.717) is 37.7 Å². The molecule has 2 aliphatic rings. The van der Waals surface area contributed by atoms with Crippen LogP contribution in [0.3, 0.4) is 0 Å². The maximum Gasteiger partial charge on any atom is 0.322 e. The molecule has 0 spiro atoms. The van der Waals surface area contributed by atoms with E-state index in [4.69, 9.17) is 9.47 Å². The standard InChI is InChI=1S/C21H30N6O3/c1-16-22-20(25-24-16)14-26-9-11-27(12-10-26)21(28)23-18-7-2-3-8-19(18)30-15-17-6-4-5-13-29-17/h2-3,7-8,17H,4-6,9-15H2,1H3,(H,23,28)(H,22,24,25)/t17-/m0/s1. The Morgan fingerprint density at radius 2 is 2.10 bits per heavy atom. The Morgan fingerprint density at radius 1 is 1.27 bits per heavy atom. The Labute approximate surface area is 176 Å². The summed E-state index contributed by atoms with van der Waals surface area (Å²) in [6.07, 6.45) is 3.44. The number of aromatic amines is 1. The molecule has 0 saturated carbocycles. The molecular weight excluding hydrogens is 384 g/mol. The van der Waals surface area contributed by atoms with Crippen LogP contribution in [0.5, 0.6) is 5.75 Å². The lowest BCUT2D eigenvalue weighted by molar-refractivity contribution is -0.0109. The van der Waals surface area contributed by atoms with E-state index in [0.717, 1.165) is 44.2 Å². The molecule has 2 amide bonds. The van der Waals surface area contributed by atoms with Crippen LogP contribution in [-0.2, 0) is 11.3 Å². The predicted molar refractivity (Wildman–Crippen MR) is 113 cm³/mol. The molecule has 0 radical (unpaired) electrons. The van der Waals surface area contributed by atoms with E-state index < -0.39 is 0 Å². The fourth-order valence-corrected chi connectivity index (χ4v) is 3.78. The van der Waals surface area contributed by atoms with Gasteiger partial charge < -0.3 is 19.7 Å². The van der Waals surface area contributed by atoms with Crippen molar-refractivity contribution >= 4 is 11.7 Å². The molecule has 9 heteroatoms. The summed E-state index contributed by atoms with van der Waals surface area (Å²) in [4.78, 5) is 21.2. The van der Waals surface area contributed by atoms with Crippen LogP contribution in [-0.4, -0.2) is 76.5 Å². The number of amides is 2. The first-order chi connectivity index (χ1) is 14.7. The molecule has 4 rings (SSSR count). The fraction of sp³-hybridized carbons (Fsp3) is 0.571. The van der Waals surface area contributed by atoms with E-state index in [1.807, 2.05) is 36.1 Å². The number of rotatable bonds is 6. The van der Waals surface area contributed by atoms with Crippen molar-refractivity contribution in [1.82, 2.24) is 25.0 Å². The van der Waals surface area contributed by atoms with Gasteiger partial charge in [0.1, 0.15) is 18.2 Å². The second-order valence-electron chi connectivity index (χ2n) is 7.83. The van der Waals surface area contributed by atoms with Gasteiger partial charge in [-0.1, -0.05) is 12.1 Å². The molecule has 0 aliphatic carbocycles. The summed E-state index contributed by atoms with van der Waals surface area (Å²) in [6, 6.07) is 7.46. The topological polar surface area (TPSA) is 95.6 Å². The van der Waals surface area contributed by atoms with Crippen molar-refractivity contribution in [3.63, 3.8) is 0 Å². The van der Waals surface area contributed by atoms with Gasteiger partial charge in [-0.25, -0.2) is 9.78 Å². The molecule has 2 N–H and O–H groups in total. The van der Waals surface area contributed by atoms with Crippen molar-refractivity contribution in [1.29, 1.82) is 0 Å². The number of nitrogens with zero attached hydrogens (tertiary/aromatic N) is 4. The van der Waals surface area contributed by atoms with Gasteiger partial charge in [-0.2, -0.15) is 5.10 Å². The van der Waals surface area contributed by atoms with Crippen LogP contribution in [0.2, 0.25) is 0 Å². The number of piperazine rings is 1. The number of nitrogens with one attached hydrogen (secondary N) is 2. The lowest BCUT2D eigenvalue weighted by Crippen LogP contribution is -2.49. The molecule has 162 valence electrons. The number of hydrogen-bond donors (Lipinski definition) is 2. The maximum atomic E-state index is 12.8. The van der Waals surface area contributed by atoms with Crippen molar-refractivity contribution in [2.45, 2.75) is 38.8 Å². The summed E-state index contributed by atoms with van der Waals surface area (Å²) in [7, 11) is 0. The molecule has 2 aromatic rings. The Bertz CT molecular complexity index is 828. The number of carbonyl (C=O) groups excluding carboxylic acids is 1. The fourth-order valence-electron chi connectivity index (χ4n) is 3.78. The van der Waals surface area contributed by atoms with Crippen LogP contribution < -0.4 is 10.1 Å². The minimum absolute atomic E-state index is 0.103. The van der Waals surface area contributed by atoms with Gasteiger partial charge in [-0.05, 0) is 38.3 Å². The minimum atomic E-state index is -0.103. The van der Waals surface area contributed by atoms with E-state index in [1.165, 1.54) is 6.42 Å². The Balaban J connectivity index is 1.26. The molecule has 9 nitrogen and oxygen atoms in total. The first-order valence-electron chi connectivity index (χ1n) is 10.7. The Kier molecular flexibility index (Phi) is 6.81. The van der Waals surface area contributed by atoms with E-state index in [2.05, 4.69) is 25.4 Å². The lowest BCUT2D eigenvalue weighted by Gasteiger charge is -2.34. The van der Waals surface area contributed by atoms with Gasteiger partial charge in [0.05, 0.1) is 18.3 Å². The van der Waals surface area contributed by atoms with E-state index in [-0.39, 0.29) is 12.1 Å². The number of ether oxygens (including phenoxy) is 2. The van der Waals surface area contributed by atoms with Gasteiger partial charge in [0.2, 0.25) is 0 Å². The van der Waals surface area contributed by atoms with Crippen LogP contribution in [0.25, 0.3) is 0 Å². The number of benzene rings is 1. The lowest BCUT2D eigenvalue weighted by atomic mass is 10.1. The third-order valence-electron chi connectivity index (χ3n) is 5.50. The average molecular weight is 415 g/mol. The zero-order valence-corrected chi connectivity index (χ0v) is 17.5. The molecule has 0 unspecified atom stereocenters. The number of aryl methyl sites for hydroxylation is 1. The maximum absolute atomic E-state index is 12.8. The highest BCUT2D eigenvalue weighted by Crippen LogP contribution is 2.25. The summed E-state index contributed by atoms with van der Waals surface area (Å²) < 4.78 is 11.7. The molecule has 1 aromatic carbocycles. The summed E-state index contributed by atoms with van der Waals surface area (Å²) in [5.41, 5.74) is 0.692. The molecule has 2 aliphatic heterocycles. The zero-order chi connectivity index (χ0) is 20.8. The monoisotopic (exact) mass is 414 g/mol. The molecule has 1 atom stereocenters.